The molecule has 1 aromatic carbocycles. The molecule has 0 N–H and O–H groups in total. The lowest BCUT2D eigenvalue weighted by Crippen LogP contribution is -1.88. The second-order valence-corrected chi connectivity index (χ2v) is 5.09. The maximum Gasteiger partial charge on any atom is -0.0130 e. The molecule has 0 spiro atoms. The molecule has 0 atom stereocenters. The lowest BCUT2D eigenvalue weighted by atomic mass is 10.0. The van der Waals surface area contributed by atoms with E-state index in [0.29, 0.717) is 5.92 Å². The Morgan fingerprint density at radius 1 is 0.762 bits per heavy atom. The van der Waals surface area contributed by atoms with Gasteiger partial charge in [-0.25, -0.2) is 0 Å². The fraction of sp³-hybridized carbons (Fsp3) is 0.524. The van der Waals surface area contributed by atoms with Crippen molar-refractivity contribution in [1.29, 1.82) is 0 Å². The fourth-order valence-corrected chi connectivity index (χ4v) is 1.73. The van der Waals surface area contributed by atoms with Crippen LogP contribution >= 0.6 is 0 Å². The molecule has 0 saturated carbocycles. The molecule has 0 saturated heterocycles. The van der Waals surface area contributed by atoms with Crippen molar-refractivity contribution < 1.29 is 0 Å². The molecular formula is C21H36. The second-order valence-electron chi connectivity index (χ2n) is 5.09. The van der Waals surface area contributed by atoms with E-state index in [1.807, 2.05) is 33.8 Å². The normalized spacial score (nSPS) is 11.6. The van der Waals surface area contributed by atoms with Crippen LogP contribution < -0.4 is 0 Å². The number of allylic oxidation sites excluding steroid dienone is 4. The van der Waals surface area contributed by atoms with Crippen LogP contribution in [-0.2, 0) is 0 Å². The average Bonchev–Trinajstić information content (AvgIpc) is 3.07. The Hall–Kier alpha value is -1.30. The molecule has 0 radical (unpaired) electrons. The van der Waals surface area contributed by atoms with Crippen molar-refractivity contribution in [3.63, 3.8) is 0 Å². The summed E-state index contributed by atoms with van der Waals surface area (Å²) in [6.45, 7) is 16.9. The van der Waals surface area contributed by atoms with Gasteiger partial charge in [0.05, 0.1) is 0 Å². The zero-order valence-electron chi connectivity index (χ0n) is 15.5. The smallest absolute Gasteiger partial charge is 0.0130 e. The van der Waals surface area contributed by atoms with Gasteiger partial charge in [0.2, 0.25) is 0 Å². The van der Waals surface area contributed by atoms with Crippen molar-refractivity contribution in [1.82, 2.24) is 0 Å². The van der Waals surface area contributed by atoms with Crippen LogP contribution in [0.1, 0.15) is 73.3 Å². The third-order valence-electron chi connectivity index (χ3n) is 3.01. The van der Waals surface area contributed by atoms with Gasteiger partial charge in [0.25, 0.3) is 0 Å². The van der Waals surface area contributed by atoms with Crippen LogP contribution in [0, 0.1) is 5.92 Å². The summed E-state index contributed by atoms with van der Waals surface area (Å²) < 4.78 is 0. The number of hydrogen-bond donors (Lipinski definition) is 0. The van der Waals surface area contributed by atoms with Gasteiger partial charge >= 0.3 is 0 Å². The summed E-state index contributed by atoms with van der Waals surface area (Å²) in [7, 11) is 0. The van der Waals surface area contributed by atoms with E-state index in [1.54, 1.807) is 5.57 Å². The van der Waals surface area contributed by atoms with E-state index in [-0.39, 0.29) is 0 Å². The zero-order chi connectivity index (χ0) is 16.7. The second kappa shape index (κ2) is 15.1. The van der Waals surface area contributed by atoms with Gasteiger partial charge in [0, 0.05) is 0 Å². The standard InChI is InChI=1S/C9H12.C8H12.2C2H6/c1-8(2)9-6-4-3-5-7-9;1-7(2)8-5-3-4-6-8;2*1-2/h3-8H,1-2H3;3-5,7H,6H2,1-2H3;2*1-2H3. The predicted octanol–water partition coefficient (Wildman–Crippen LogP) is 7.39. The zero-order valence-corrected chi connectivity index (χ0v) is 15.5. The van der Waals surface area contributed by atoms with Gasteiger partial charge in [-0.05, 0) is 23.8 Å². The fourth-order valence-electron chi connectivity index (χ4n) is 1.73. The molecule has 0 nitrogen and oxygen atoms in total. The highest BCUT2D eigenvalue weighted by atomic mass is 14.1. The van der Waals surface area contributed by atoms with Crippen molar-refractivity contribution in [3.05, 3.63) is 59.7 Å². The molecule has 1 aliphatic carbocycles. The van der Waals surface area contributed by atoms with Crippen molar-refractivity contribution in [2.24, 2.45) is 5.92 Å². The summed E-state index contributed by atoms with van der Waals surface area (Å²) in [5.74, 6) is 1.40. The monoisotopic (exact) mass is 288 g/mol. The van der Waals surface area contributed by atoms with Gasteiger partial charge in [0.15, 0.2) is 0 Å². The van der Waals surface area contributed by atoms with E-state index < -0.39 is 0 Å². The minimum absolute atomic E-state index is 0.659. The first-order valence-corrected chi connectivity index (χ1v) is 8.51. The van der Waals surface area contributed by atoms with Gasteiger partial charge in [-0.2, -0.15) is 0 Å². The van der Waals surface area contributed by atoms with Crippen molar-refractivity contribution in [2.75, 3.05) is 0 Å². The molecule has 0 fully saturated rings. The van der Waals surface area contributed by atoms with Crippen LogP contribution in [0.3, 0.4) is 0 Å². The SMILES string of the molecule is CC.CC.CC(C)C1=CC=CC1.CC(C)c1ccccc1. The van der Waals surface area contributed by atoms with E-state index in [0.717, 1.165) is 5.92 Å². The Morgan fingerprint density at radius 3 is 1.52 bits per heavy atom. The van der Waals surface area contributed by atoms with E-state index >= 15 is 0 Å². The first-order chi connectivity index (χ1) is 10.1. The molecule has 0 heteroatoms. The molecule has 0 aromatic heterocycles. The number of hydrogen-bond acceptors (Lipinski definition) is 0. The lowest BCUT2D eigenvalue weighted by Gasteiger charge is -2.02. The molecule has 120 valence electrons. The first-order valence-electron chi connectivity index (χ1n) is 8.51. The van der Waals surface area contributed by atoms with Crippen LogP contribution in [0.2, 0.25) is 0 Å². The van der Waals surface area contributed by atoms with Gasteiger partial charge < -0.3 is 0 Å². The summed E-state index contributed by atoms with van der Waals surface area (Å²) in [5, 5.41) is 0. The molecule has 21 heavy (non-hydrogen) atoms. The highest BCUT2D eigenvalue weighted by Crippen LogP contribution is 2.18. The maximum atomic E-state index is 2.23. The van der Waals surface area contributed by atoms with E-state index in [1.165, 1.54) is 12.0 Å². The quantitative estimate of drug-likeness (QED) is 0.532. The van der Waals surface area contributed by atoms with Crippen LogP contribution in [0.15, 0.2) is 54.1 Å². The Bertz CT molecular complexity index is 366. The Morgan fingerprint density at radius 2 is 1.29 bits per heavy atom. The van der Waals surface area contributed by atoms with Crippen LogP contribution in [-0.4, -0.2) is 0 Å². The van der Waals surface area contributed by atoms with Gasteiger partial charge in [0.1, 0.15) is 0 Å². The minimum atomic E-state index is 0.659. The molecule has 0 unspecified atom stereocenters. The summed E-state index contributed by atoms with van der Waals surface area (Å²) in [4.78, 5) is 0. The highest BCUT2D eigenvalue weighted by molar-refractivity contribution is 5.23. The van der Waals surface area contributed by atoms with Gasteiger partial charge in [-0.3, -0.25) is 0 Å². The van der Waals surface area contributed by atoms with Crippen molar-refractivity contribution in [3.8, 4) is 0 Å². The molecule has 0 amide bonds. The van der Waals surface area contributed by atoms with Crippen LogP contribution in [0.4, 0.5) is 0 Å². The third-order valence-corrected chi connectivity index (χ3v) is 3.01. The summed E-state index contributed by atoms with van der Waals surface area (Å²) >= 11 is 0. The highest BCUT2D eigenvalue weighted by Gasteiger charge is 2.01. The maximum absolute atomic E-state index is 2.23. The summed E-state index contributed by atoms with van der Waals surface area (Å²) in [5.41, 5.74) is 2.97. The van der Waals surface area contributed by atoms with E-state index in [4.69, 9.17) is 0 Å². The van der Waals surface area contributed by atoms with Gasteiger partial charge in [-0.15, -0.1) is 0 Å². The number of rotatable bonds is 2. The molecule has 0 bridgehead atoms. The molecule has 2 rings (SSSR count). The predicted molar refractivity (Wildman–Crippen MR) is 99.9 cm³/mol. The summed E-state index contributed by atoms with van der Waals surface area (Å²) in [6.07, 6.45) is 7.73. The van der Waals surface area contributed by atoms with Crippen LogP contribution in [0.5, 0.6) is 0 Å². The van der Waals surface area contributed by atoms with Crippen LogP contribution in [0.25, 0.3) is 0 Å². The Labute approximate surface area is 134 Å². The van der Waals surface area contributed by atoms with Crippen molar-refractivity contribution in [2.45, 2.75) is 67.7 Å². The van der Waals surface area contributed by atoms with Crippen molar-refractivity contribution >= 4 is 0 Å². The molecule has 0 heterocycles. The number of benzene rings is 1. The lowest BCUT2D eigenvalue weighted by molar-refractivity contribution is 0.753. The molecule has 0 aliphatic heterocycles. The first kappa shape index (κ1) is 22.0. The van der Waals surface area contributed by atoms with E-state index in [9.17, 15) is 0 Å². The Kier molecular flexibility index (Phi) is 15.8. The largest absolute Gasteiger partial charge is 0.0805 e. The Balaban J connectivity index is 0. The third kappa shape index (κ3) is 11.1. The minimum Gasteiger partial charge on any atom is -0.0805 e. The van der Waals surface area contributed by atoms with E-state index in [2.05, 4.69) is 70.2 Å². The topological polar surface area (TPSA) is 0 Å². The molecule has 1 aromatic rings. The average molecular weight is 289 g/mol. The molecular weight excluding hydrogens is 252 g/mol. The molecule has 1 aliphatic rings. The summed E-state index contributed by atoms with van der Waals surface area (Å²) in [6, 6.07) is 10.5. The van der Waals surface area contributed by atoms with Gasteiger partial charge in [-0.1, -0.05) is 110 Å².